The first-order valence-electron chi connectivity index (χ1n) is 21.5. The molecule has 1 aromatic heterocycles. The second kappa shape index (κ2) is 16.7. The molecular formula is C45H48F3N9O5. The molecule has 3 unspecified atom stereocenters. The lowest BCUT2D eigenvalue weighted by Crippen LogP contribution is -2.54. The van der Waals surface area contributed by atoms with Gasteiger partial charge in [-0.15, -0.1) is 0 Å². The third kappa shape index (κ3) is 8.19. The maximum atomic E-state index is 13.5. The Labute approximate surface area is 357 Å². The second-order valence-corrected chi connectivity index (χ2v) is 17.5. The lowest BCUT2D eigenvalue weighted by molar-refractivity contribution is -0.137. The standard InChI is InChI=1S/C45H48F3N9O5/c1-49-37-6-3-32(21-36(37)45(46,47)48)54-18-13-28(14-19-54)41(59)51-39-8-4-33(22-50-39)55-16-11-27(12-17-55)10-15-53-23-29-25-56(26-30(29)24-53)31-2-5-34-35(20-31)44(62)57(43(34)61)38-7-9-40(58)52-42(38)60/h2-6,8,20-22,27-30,38H,7,9-19,23-26H2,(H,50,51,59)(H,52,58,60). The van der Waals surface area contributed by atoms with Crippen molar-refractivity contribution in [2.75, 3.05) is 78.9 Å². The summed E-state index contributed by atoms with van der Waals surface area (Å²) < 4.78 is 40.5. The number of anilines is 4. The highest BCUT2D eigenvalue weighted by Crippen LogP contribution is 2.40. The lowest BCUT2D eigenvalue weighted by atomic mass is 9.93. The molecule has 5 amide bonds. The molecule has 0 radical (unpaired) electrons. The Morgan fingerprint density at radius 3 is 2.10 bits per heavy atom. The molecule has 0 saturated carbocycles. The number of likely N-dealkylation sites (tertiary alicyclic amines) is 1. The minimum absolute atomic E-state index is 0.0864. The Balaban J connectivity index is 0.689. The minimum atomic E-state index is -4.62. The van der Waals surface area contributed by atoms with Gasteiger partial charge in [0.1, 0.15) is 11.9 Å². The van der Waals surface area contributed by atoms with Crippen molar-refractivity contribution in [3.63, 3.8) is 0 Å². The summed E-state index contributed by atoms with van der Waals surface area (Å²) in [6.07, 6.45) is 1.71. The van der Waals surface area contributed by atoms with Gasteiger partial charge in [-0.1, -0.05) is 6.07 Å². The van der Waals surface area contributed by atoms with E-state index in [1.54, 1.807) is 18.3 Å². The van der Waals surface area contributed by atoms with Crippen molar-refractivity contribution in [1.82, 2.24) is 20.1 Å². The second-order valence-electron chi connectivity index (χ2n) is 17.5. The van der Waals surface area contributed by atoms with Gasteiger partial charge in [-0.2, -0.15) is 13.2 Å². The molecule has 5 saturated heterocycles. The van der Waals surface area contributed by atoms with Crippen LogP contribution in [0.5, 0.6) is 0 Å². The number of alkyl halides is 3. The highest BCUT2D eigenvalue weighted by molar-refractivity contribution is 6.23. The first kappa shape index (κ1) is 41.3. The van der Waals surface area contributed by atoms with Crippen molar-refractivity contribution < 1.29 is 37.1 Å². The van der Waals surface area contributed by atoms with Crippen molar-refractivity contribution in [1.29, 1.82) is 0 Å². The average Bonchev–Trinajstić information content (AvgIpc) is 3.92. The molecule has 0 bridgehead atoms. The number of hydrogen-bond donors (Lipinski definition) is 2. The molecule has 0 spiro atoms. The number of carbonyl (C=O) groups excluding carboxylic acids is 5. The van der Waals surface area contributed by atoms with Crippen LogP contribution in [0.15, 0.2) is 54.7 Å². The normalized spacial score (nSPS) is 23.7. The third-order valence-corrected chi connectivity index (χ3v) is 13.8. The number of carbonyl (C=O) groups is 5. The Bertz CT molecular complexity index is 2300. The van der Waals surface area contributed by atoms with E-state index >= 15 is 0 Å². The van der Waals surface area contributed by atoms with Gasteiger partial charge in [0, 0.05) is 76.1 Å². The van der Waals surface area contributed by atoms with E-state index in [-0.39, 0.29) is 24.7 Å². The van der Waals surface area contributed by atoms with Gasteiger partial charge in [-0.25, -0.2) is 9.83 Å². The molecule has 5 fully saturated rings. The van der Waals surface area contributed by atoms with Crippen LogP contribution >= 0.6 is 0 Å². The molecule has 9 rings (SSSR count). The zero-order chi connectivity index (χ0) is 43.3. The fraction of sp³-hybridized carbons (Fsp3) is 0.489. The molecule has 62 heavy (non-hydrogen) atoms. The molecule has 0 aliphatic carbocycles. The van der Waals surface area contributed by atoms with Gasteiger partial charge in [0.15, 0.2) is 5.69 Å². The Morgan fingerprint density at radius 2 is 1.44 bits per heavy atom. The van der Waals surface area contributed by atoms with Gasteiger partial charge in [0.2, 0.25) is 17.7 Å². The summed E-state index contributed by atoms with van der Waals surface area (Å²) in [4.78, 5) is 81.3. The van der Waals surface area contributed by atoms with Crippen LogP contribution in [0.25, 0.3) is 4.85 Å². The summed E-state index contributed by atoms with van der Waals surface area (Å²) in [5, 5.41) is 5.16. The van der Waals surface area contributed by atoms with Crippen molar-refractivity contribution in [3.8, 4) is 0 Å². The maximum absolute atomic E-state index is 13.5. The number of pyridine rings is 1. The van der Waals surface area contributed by atoms with E-state index in [2.05, 4.69) is 35.2 Å². The first-order valence-corrected chi connectivity index (χ1v) is 21.5. The lowest BCUT2D eigenvalue weighted by Gasteiger charge is -2.34. The van der Waals surface area contributed by atoms with Gasteiger partial charge in [0.05, 0.1) is 35.1 Å². The number of nitrogens with one attached hydrogen (secondary N) is 2. The first-order chi connectivity index (χ1) is 29.8. The molecule has 324 valence electrons. The van der Waals surface area contributed by atoms with Gasteiger partial charge in [-0.05, 0) is 105 Å². The number of amides is 5. The molecule has 3 aromatic rings. The van der Waals surface area contributed by atoms with Crippen LogP contribution in [0.2, 0.25) is 0 Å². The number of halogens is 3. The van der Waals surface area contributed by atoms with Crippen molar-refractivity contribution >= 4 is 58.1 Å². The average molecular weight is 852 g/mol. The van der Waals surface area contributed by atoms with Crippen LogP contribution < -0.4 is 25.3 Å². The third-order valence-electron chi connectivity index (χ3n) is 13.8. The van der Waals surface area contributed by atoms with Gasteiger partial charge in [-0.3, -0.25) is 34.2 Å². The summed E-state index contributed by atoms with van der Waals surface area (Å²) in [6.45, 7) is 14.7. The number of aromatic nitrogens is 1. The SMILES string of the molecule is [C-]#[N+]c1ccc(N2CCC(C(=O)Nc3ccc(N4CCC(CCN5CC6CN(c7ccc8c(c7)C(=O)N(C7CCC(=O)NC7=O)C8=O)CC6C5)CC4)cn3)CC2)cc1C(F)(F)F. The summed E-state index contributed by atoms with van der Waals surface area (Å²) in [5.41, 5.74) is 1.56. The number of imide groups is 2. The zero-order valence-corrected chi connectivity index (χ0v) is 34.2. The minimum Gasteiger partial charge on any atom is -0.372 e. The van der Waals surface area contributed by atoms with E-state index in [9.17, 15) is 37.1 Å². The quantitative estimate of drug-likeness (QED) is 0.207. The summed E-state index contributed by atoms with van der Waals surface area (Å²) >= 11 is 0. The largest absolute Gasteiger partial charge is 0.407 e. The molecule has 6 aliphatic heterocycles. The van der Waals surface area contributed by atoms with Crippen LogP contribution in [0, 0.1) is 30.2 Å². The predicted molar refractivity (Wildman–Crippen MR) is 224 cm³/mol. The molecule has 17 heteroatoms. The number of rotatable bonds is 9. The molecule has 2 N–H and O–H groups in total. The summed E-state index contributed by atoms with van der Waals surface area (Å²) in [7, 11) is 0. The number of hydrogen-bond acceptors (Lipinski definition) is 10. The predicted octanol–water partition coefficient (Wildman–Crippen LogP) is 5.58. The van der Waals surface area contributed by atoms with Crippen molar-refractivity contribution in [2.24, 2.45) is 23.7 Å². The molecule has 2 aromatic carbocycles. The number of benzene rings is 2. The van der Waals surface area contributed by atoms with E-state index in [1.807, 2.05) is 23.1 Å². The van der Waals surface area contributed by atoms with Crippen LogP contribution in [0.4, 0.5) is 41.7 Å². The smallest absolute Gasteiger partial charge is 0.372 e. The Hall–Kier alpha value is -6.02. The Morgan fingerprint density at radius 1 is 0.790 bits per heavy atom. The van der Waals surface area contributed by atoms with Gasteiger partial charge >= 0.3 is 6.18 Å². The molecule has 3 atom stereocenters. The zero-order valence-electron chi connectivity index (χ0n) is 34.2. The summed E-state index contributed by atoms with van der Waals surface area (Å²) in [6, 6.07) is 12.0. The van der Waals surface area contributed by atoms with Crippen molar-refractivity contribution in [2.45, 2.75) is 57.2 Å². The highest BCUT2D eigenvalue weighted by Gasteiger charge is 2.46. The van der Waals surface area contributed by atoms with Crippen LogP contribution in [-0.2, 0) is 20.6 Å². The Kier molecular flexibility index (Phi) is 11.1. The fourth-order valence-corrected chi connectivity index (χ4v) is 10.3. The molecule has 6 aliphatic rings. The van der Waals surface area contributed by atoms with Crippen LogP contribution in [0.1, 0.15) is 71.2 Å². The number of nitrogens with zero attached hydrogens (tertiary/aromatic N) is 7. The molecule has 7 heterocycles. The van der Waals surface area contributed by atoms with E-state index in [4.69, 9.17) is 6.57 Å². The monoisotopic (exact) mass is 851 g/mol. The maximum Gasteiger partial charge on any atom is 0.407 e. The van der Waals surface area contributed by atoms with Gasteiger partial charge in [0.25, 0.3) is 11.8 Å². The fourth-order valence-electron chi connectivity index (χ4n) is 10.3. The summed E-state index contributed by atoms with van der Waals surface area (Å²) in [5.74, 6) is -0.268. The van der Waals surface area contributed by atoms with Gasteiger partial charge < -0.3 is 24.9 Å². The van der Waals surface area contributed by atoms with Crippen LogP contribution in [-0.4, -0.2) is 109 Å². The van der Waals surface area contributed by atoms with E-state index < -0.39 is 47.1 Å². The highest BCUT2D eigenvalue weighted by atomic mass is 19.4. The topological polar surface area (TPSA) is 143 Å². The van der Waals surface area contributed by atoms with E-state index in [1.165, 1.54) is 12.1 Å². The molecule has 14 nitrogen and oxygen atoms in total. The molecular weight excluding hydrogens is 804 g/mol. The number of fused-ring (bicyclic) bond motifs is 2. The van der Waals surface area contributed by atoms with E-state index in [0.717, 1.165) is 87.4 Å². The van der Waals surface area contributed by atoms with Crippen molar-refractivity contribution in [3.05, 3.63) is 82.8 Å². The van der Waals surface area contributed by atoms with Crippen LogP contribution in [0.3, 0.4) is 0 Å². The van der Waals surface area contributed by atoms with E-state index in [0.29, 0.717) is 66.3 Å². The number of piperidine rings is 3.